The fraction of sp³-hybridized carbons (Fsp3) is 0.857. The summed E-state index contributed by atoms with van der Waals surface area (Å²) < 4.78 is 0. The van der Waals surface area contributed by atoms with E-state index in [-0.39, 0.29) is 24.9 Å². The zero-order valence-corrected chi connectivity index (χ0v) is 23.9. The van der Waals surface area contributed by atoms with Crippen molar-refractivity contribution in [3.63, 3.8) is 0 Å². The first kappa shape index (κ1) is 37.9. The van der Waals surface area contributed by atoms with Gasteiger partial charge < -0.3 is 10.6 Å². The van der Waals surface area contributed by atoms with Gasteiger partial charge in [-0.2, -0.15) is 10.5 Å². The summed E-state index contributed by atoms with van der Waals surface area (Å²) in [7, 11) is 0. The van der Waals surface area contributed by atoms with E-state index >= 15 is 0 Å². The van der Waals surface area contributed by atoms with Crippen LogP contribution in [0.25, 0.3) is 0 Å². The third kappa shape index (κ3) is 31.8. The SMILES string of the molecule is CCCCCCCCCCCC(=O)NCC(=O)OO.CCCCCCCCCCCC(=O)NCC(=O)OO. The second kappa shape index (κ2) is 31.0. The molecule has 0 aromatic carbocycles. The molecule has 0 aliphatic heterocycles. The van der Waals surface area contributed by atoms with E-state index in [2.05, 4.69) is 34.3 Å². The van der Waals surface area contributed by atoms with E-state index < -0.39 is 11.9 Å². The average molecular weight is 547 g/mol. The maximum absolute atomic E-state index is 11.3. The van der Waals surface area contributed by atoms with Gasteiger partial charge in [0.15, 0.2) is 0 Å². The summed E-state index contributed by atoms with van der Waals surface area (Å²) in [5, 5.41) is 20.8. The minimum Gasteiger partial charge on any atom is -0.345 e. The monoisotopic (exact) mass is 546 g/mol. The van der Waals surface area contributed by atoms with Gasteiger partial charge in [-0.1, -0.05) is 117 Å². The molecule has 0 aliphatic carbocycles. The second-order valence-electron chi connectivity index (χ2n) is 9.64. The number of carbonyl (C=O) groups excluding carboxylic acids is 4. The highest BCUT2D eigenvalue weighted by molar-refractivity contribution is 5.82. The lowest BCUT2D eigenvalue weighted by Gasteiger charge is -2.03. The Kier molecular flexibility index (Phi) is 31.0. The van der Waals surface area contributed by atoms with Crippen molar-refractivity contribution in [1.82, 2.24) is 10.6 Å². The summed E-state index contributed by atoms with van der Waals surface area (Å²) >= 11 is 0. The summed E-state index contributed by atoms with van der Waals surface area (Å²) in [6.07, 6.45) is 22.5. The van der Waals surface area contributed by atoms with Gasteiger partial charge in [0.1, 0.15) is 13.1 Å². The van der Waals surface area contributed by atoms with E-state index in [0.717, 1.165) is 38.5 Å². The predicted molar refractivity (Wildman–Crippen MR) is 147 cm³/mol. The molecule has 0 radical (unpaired) electrons. The highest BCUT2D eigenvalue weighted by Gasteiger charge is 2.06. The quantitative estimate of drug-likeness (QED) is 0.0646. The van der Waals surface area contributed by atoms with Gasteiger partial charge in [-0.15, -0.1) is 0 Å². The Morgan fingerprint density at radius 1 is 0.474 bits per heavy atom. The summed E-state index contributed by atoms with van der Waals surface area (Å²) in [6, 6.07) is 0. The zero-order chi connectivity index (χ0) is 28.7. The highest BCUT2D eigenvalue weighted by atomic mass is 17.1. The van der Waals surface area contributed by atoms with Crippen LogP contribution in [0.5, 0.6) is 0 Å². The van der Waals surface area contributed by atoms with Crippen molar-refractivity contribution in [3.05, 3.63) is 0 Å². The molecule has 0 fully saturated rings. The Bertz CT molecular complexity index is 537. The molecule has 38 heavy (non-hydrogen) atoms. The highest BCUT2D eigenvalue weighted by Crippen LogP contribution is 2.11. The van der Waals surface area contributed by atoms with Crippen molar-refractivity contribution in [2.45, 2.75) is 142 Å². The topological polar surface area (TPSA) is 151 Å². The van der Waals surface area contributed by atoms with Gasteiger partial charge in [0, 0.05) is 12.8 Å². The molecule has 0 spiro atoms. The summed E-state index contributed by atoms with van der Waals surface area (Å²) in [5.74, 6) is -2.04. The van der Waals surface area contributed by atoms with Crippen LogP contribution in [-0.2, 0) is 29.0 Å². The number of carbonyl (C=O) groups is 4. The van der Waals surface area contributed by atoms with E-state index in [1.54, 1.807) is 0 Å². The first-order valence-electron chi connectivity index (χ1n) is 14.6. The predicted octanol–water partition coefficient (Wildman–Crippen LogP) is 6.08. The van der Waals surface area contributed by atoms with E-state index in [1.807, 2.05) is 0 Å². The molecule has 0 saturated heterocycles. The molecular weight excluding hydrogens is 492 g/mol. The molecular formula is C28H54N2O8. The van der Waals surface area contributed by atoms with Crippen LogP contribution in [0.3, 0.4) is 0 Å². The fourth-order valence-corrected chi connectivity index (χ4v) is 3.78. The molecule has 4 N–H and O–H groups in total. The first-order chi connectivity index (χ1) is 18.4. The second-order valence-corrected chi connectivity index (χ2v) is 9.64. The molecule has 0 heterocycles. The lowest BCUT2D eigenvalue weighted by molar-refractivity contribution is -0.233. The molecule has 10 nitrogen and oxygen atoms in total. The fourth-order valence-electron chi connectivity index (χ4n) is 3.78. The van der Waals surface area contributed by atoms with Crippen molar-refractivity contribution in [2.75, 3.05) is 13.1 Å². The smallest absolute Gasteiger partial charge is 0.345 e. The molecule has 2 amide bonds. The maximum atomic E-state index is 11.3. The molecule has 0 aromatic heterocycles. The molecule has 0 bridgehead atoms. The van der Waals surface area contributed by atoms with Crippen LogP contribution in [0, 0.1) is 0 Å². The Morgan fingerprint density at radius 2 is 0.737 bits per heavy atom. The molecule has 0 aromatic rings. The first-order valence-corrected chi connectivity index (χ1v) is 14.6. The molecule has 0 atom stereocenters. The minimum atomic E-state index is -0.847. The normalized spacial score (nSPS) is 10.2. The van der Waals surface area contributed by atoms with E-state index in [9.17, 15) is 19.2 Å². The number of rotatable bonds is 24. The van der Waals surface area contributed by atoms with Crippen LogP contribution < -0.4 is 10.6 Å². The van der Waals surface area contributed by atoms with Crippen molar-refractivity contribution in [3.8, 4) is 0 Å². The maximum Gasteiger partial charge on any atom is 0.360 e. The molecule has 0 rings (SSSR count). The van der Waals surface area contributed by atoms with Crippen LogP contribution in [-0.4, -0.2) is 47.4 Å². The van der Waals surface area contributed by atoms with Gasteiger partial charge in [0.25, 0.3) is 0 Å². The average Bonchev–Trinajstić information content (AvgIpc) is 2.93. The molecule has 0 saturated carbocycles. The van der Waals surface area contributed by atoms with Gasteiger partial charge in [-0.3, -0.25) is 19.4 Å². The number of amides is 2. The molecule has 0 aliphatic rings. The van der Waals surface area contributed by atoms with Crippen molar-refractivity contribution in [2.24, 2.45) is 0 Å². The summed E-state index contributed by atoms with van der Waals surface area (Å²) in [5.41, 5.74) is 0. The lowest BCUT2D eigenvalue weighted by atomic mass is 10.1. The standard InChI is InChI=1S/2C14H27NO4/c2*1-2-3-4-5-6-7-8-9-10-11-13(16)15-12-14(17)19-18/h2*18H,2-12H2,1H3,(H,15,16). The summed E-state index contributed by atoms with van der Waals surface area (Å²) in [6.45, 7) is 3.89. The number of hydrogen-bond donors (Lipinski definition) is 4. The Labute approximate surface area is 229 Å². The van der Waals surface area contributed by atoms with E-state index in [1.165, 1.54) is 77.0 Å². The van der Waals surface area contributed by atoms with Crippen LogP contribution in [0.1, 0.15) is 142 Å². The van der Waals surface area contributed by atoms with Gasteiger partial charge >= 0.3 is 11.9 Å². The Morgan fingerprint density at radius 3 is 1.00 bits per heavy atom. The Hall–Kier alpha value is -2.20. The number of hydrogen-bond acceptors (Lipinski definition) is 8. The molecule has 0 unspecified atom stereocenters. The van der Waals surface area contributed by atoms with Crippen molar-refractivity contribution >= 4 is 23.8 Å². The molecule has 224 valence electrons. The van der Waals surface area contributed by atoms with E-state index in [0.29, 0.717) is 12.8 Å². The van der Waals surface area contributed by atoms with Gasteiger partial charge in [-0.05, 0) is 12.8 Å². The van der Waals surface area contributed by atoms with Crippen LogP contribution in [0.4, 0.5) is 0 Å². The van der Waals surface area contributed by atoms with Crippen LogP contribution in [0.2, 0.25) is 0 Å². The van der Waals surface area contributed by atoms with Crippen molar-refractivity contribution in [1.29, 1.82) is 0 Å². The zero-order valence-electron chi connectivity index (χ0n) is 23.9. The third-order valence-corrected chi connectivity index (χ3v) is 6.08. The Balaban J connectivity index is 0. The number of nitrogens with one attached hydrogen (secondary N) is 2. The van der Waals surface area contributed by atoms with Gasteiger partial charge in [0.05, 0.1) is 0 Å². The largest absolute Gasteiger partial charge is 0.360 e. The summed E-state index contributed by atoms with van der Waals surface area (Å²) in [4.78, 5) is 50.5. The lowest BCUT2D eigenvalue weighted by Crippen LogP contribution is -2.29. The van der Waals surface area contributed by atoms with Gasteiger partial charge in [0.2, 0.25) is 11.8 Å². The minimum absolute atomic E-state index is 0.173. The van der Waals surface area contributed by atoms with Gasteiger partial charge in [-0.25, -0.2) is 9.59 Å². The van der Waals surface area contributed by atoms with Crippen molar-refractivity contribution < 1.29 is 39.5 Å². The molecule has 10 heteroatoms. The third-order valence-electron chi connectivity index (χ3n) is 6.08. The van der Waals surface area contributed by atoms with Crippen LogP contribution in [0.15, 0.2) is 0 Å². The number of unbranched alkanes of at least 4 members (excludes halogenated alkanes) is 16. The van der Waals surface area contributed by atoms with Crippen LogP contribution >= 0.6 is 0 Å². The van der Waals surface area contributed by atoms with E-state index in [4.69, 9.17) is 10.5 Å².